The molecule has 0 atom stereocenters. The first-order chi connectivity index (χ1) is 13.6. The van der Waals surface area contributed by atoms with Crippen molar-refractivity contribution in [1.82, 2.24) is 20.2 Å². The lowest BCUT2D eigenvalue weighted by Crippen LogP contribution is -2.46. The smallest absolute Gasteiger partial charge is 0.273 e. The molecule has 1 fully saturated rings. The van der Waals surface area contributed by atoms with Crippen molar-refractivity contribution in [3.05, 3.63) is 57.1 Å². The van der Waals surface area contributed by atoms with Gasteiger partial charge in [-0.1, -0.05) is 0 Å². The van der Waals surface area contributed by atoms with E-state index in [0.717, 1.165) is 27.2 Å². The largest absolute Gasteiger partial charge is 0.349 e. The summed E-state index contributed by atoms with van der Waals surface area (Å²) in [7, 11) is 0. The molecule has 3 aromatic rings. The van der Waals surface area contributed by atoms with E-state index in [2.05, 4.69) is 31.2 Å². The first-order valence-electron chi connectivity index (χ1n) is 8.80. The maximum Gasteiger partial charge on any atom is 0.273 e. The summed E-state index contributed by atoms with van der Waals surface area (Å²) in [4.78, 5) is 36.4. The third-order valence-electron chi connectivity index (χ3n) is 4.54. The van der Waals surface area contributed by atoms with E-state index in [1.807, 2.05) is 21.7 Å². The van der Waals surface area contributed by atoms with Crippen LogP contribution in [0.25, 0.3) is 9.88 Å². The number of likely N-dealkylation sites (tertiary alicyclic amines) is 1. The number of halogens is 1. The molecule has 0 spiro atoms. The number of aromatic nitrogens is 2. The summed E-state index contributed by atoms with van der Waals surface area (Å²) in [5.41, 5.74) is 1.04. The number of nitrogens with one attached hydrogen (secondary N) is 1. The van der Waals surface area contributed by atoms with Gasteiger partial charge < -0.3 is 10.2 Å². The first kappa shape index (κ1) is 19.2. The minimum absolute atomic E-state index is 0.0462. The molecule has 0 unspecified atom stereocenters. The van der Waals surface area contributed by atoms with Crippen LogP contribution in [0.2, 0.25) is 0 Å². The maximum absolute atomic E-state index is 12.8. The molecule has 9 heteroatoms. The quantitative estimate of drug-likeness (QED) is 0.615. The number of rotatable bonds is 4. The molecule has 1 N–H and O–H groups in total. The Morgan fingerprint density at radius 3 is 2.71 bits per heavy atom. The number of hydrogen-bond acceptors (Lipinski definition) is 6. The second-order valence-electron chi connectivity index (χ2n) is 6.45. The van der Waals surface area contributed by atoms with Crippen molar-refractivity contribution in [2.75, 3.05) is 13.1 Å². The molecule has 1 aliphatic heterocycles. The Morgan fingerprint density at radius 2 is 2.04 bits per heavy atom. The number of pyridine rings is 1. The molecule has 2 amide bonds. The minimum atomic E-state index is -0.121. The first-order valence-corrected chi connectivity index (χ1v) is 11.4. The number of thiazole rings is 1. The average Bonchev–Trinajstić information content (AvgIpc) is 3.38. The Kier molecular flexibility index (Phi) is 5.84. The van der Waals surface area contributed by atoms with Crippen LogP contribution in [0.5, 0.6) is 0 Å². The lowest BCUT2D eigenvalue weighted by Gasteiger charge is -2.32. The van der Waals surface area contributed by atoms with E-state index in [0.29, 0.717) is 24.3 Å². The zero-order valence-corrected chi connectivity index (χ0v) is 18.0. The highest BCUT2D eigenvalue weighted by atomic mass is 79.9. The molecule has 0 aromatic carbocycles. The Labute approximate surface area is 178 Å². The molecule has 0 bridgehead atoms. The van der Waals surface area contributed by atoms with Crippen LogP contribution in [-0.4, -0.2) is 45.8 Å². The SMILES string of the molecule is O=C(NC1CCN(C(=O)c2csc(-c3cc(Br)cs3)n2)CC1)c1cccnc1. The van der Waals surface area contributed by atoms with Gasteiger partial charge >= 0.3 is 0 Å². The molecule has 6 nitrogen and oxygen atoms in total. The molecular weight excluding hydrogens is 460 g/mol. The Hall–Kier alpha value is -2.10. The van der Waals surface area contributed by atoms with E-state index in [1.165, 1.54) is 11.3 Å². The molecule has 0 radical (unpaired) electrons. The second-order valence-corrected chi connectivity index (χ2v) is 9.13. The summed E-state index contributed by atoms with van der Waals surface area (Å²) in [6, 6.07) is 5.56. The standard InChI is InChI=1S/C19H17BrN4O2S2/c20-13-8-16(27-10-13)18-23-15(11-28-18)19(26)24-6-3-14(4-7-24)22-17(25)12-2-1-5-21-9-12/h1-2,5,8-11,14H,3-4,6-7H2,(H,22,25). The van der Waals surface area contributed by atoms with Crippen LogP contribution in [0.4, 0.5) is 0 Å². The summed E-state index contributed by atoms with van der Waals surface area (Å²) in [5.74, 6) is -0.167. The van der Waals surface area contributed by atoms with Crippen molar-refractivity contribution in [3.8, 4) is 9.88 Å². The van der Waals surface area contributed by atoms with Crippen molar-refractivity contribution in [2.45, 2.75) is 18.9 Å². The fourth-order valence-corrected chi connectivity index (χ4v) is 5.37. The highest BCUT2D eigenvalue weighted by Crippen LogP contribution is 2.32. The van der Waals surface area contributed by atoms with Crippen LogP contribution in [0.1, 0.15) is 33.7 Å². The predicted octanol–water partition coefficient (Wildman–Crippen LogP) is 4.06. The molecule has 4 heterocycles. The molecule has 4 rings (SSSR count). The van der Waals surface area contributed by atoms with Gasteiger partial charge in [0.25, 0.3) is 11.8 Å². The van der Waals surface area contributed by atoms with Gasteiger partial charge in [-0.05, 0) is 47.0 Å². The summed E-state index contributed by atoms with van der Waals surface area (Å²) < 4.78 is 1.02. The Bertz CT molecular complexity index is 981. The summed E-state index contributed by atoms with van der Waals surface area (Å²) in [6.07, 6.45) is 4.65. The van der Waals surface area contributed by atoms with Crippen molar-refractivity contribution in [3.63, 3.8) is 0 Å². The number of hydrogen-bond donors (Lipinski definition) is 1. The number of carbonyl (C=O) groups excluding carboxylic acids is 2. The third-order valence-corrected chi connectivity index (χ3v) is 7.25. The van der Waals surface area contributed by atoms with Gasteiger partial charge in [0.2, 0.25) is 0 Å². The van der Waals surface area contributed by atoms with Crippen LogP contribution in [-0.2, 0) is 0 Å². The van der Waals surface area contributed by atoms with Gasteiger partial charge in [0, 0.05) is 46.8 Å². The highest BCUT2D eigenvalue weighted by Gasteiger charge is 2.26. The van der Waals surface area contributed by atoms with Gasteiger partial charge in [-0.25, -0.2) is 4.98 Å². The van der Waals surface area contributed by atoms with Crippen LogP contribution >= 0.6 is 38.6 Å². The lowest BCUT2D eigenvalue weighted by atomic mass is 10.0. The lowest BCUT2D eigenvalue weighted by molar-refractivity contribution is 0.0693. The Morgan fingerprint density at radius 1 is 1.21 bits per heavy atom. The number of carbonyl (C=O) groups is 2. The number of thiophene rings is 1. The van der Waals surface area contributed by atoms with Crippen molar-refractivity contribution < 1.29 is 9.59 Å². The van der Waals surface area contributed by atoms with Gasteiger partial charge in [-0.2, -0.15) is 0 Å². The van der Waals surface area contributed by atoms with Gasteiger partial charge in [-0.15, -0.1) is 22.7 Å². The van der Waals surface area contributed by atoms with Crippen LogP contribution in [0, 0.1) is 0 Å². The summed E-state index contributed by atoms with van der Waals surface area (Å²) in [6.45, 7) is 1.21. The van der Waals surface area contributed by atoms with E-state index in [9.17, 15) is 9.59 Å². The molecule has 1 aliphatic rings. The van der Waals surface area contributed by atoms with Crippen LogP contribution in [0.15, 0.2) is 45.8 Å². The van der Waals surface area contributed by atoms with Gasteiger partial charge in [-0.3, -0.25) is 14.6 Å². The maximum atomic E-state index is 12.8. The molecule has 0 saturated carbocycles. The fraction of sp³-hybridized carbons (Fsp3) is 0.263. The predicted molar refractivity (Wildman–Crippen MR) is 114 cm³/mol. The molecule has 144 valence electrons. The van der Waals surface area contributed by atoms with E-state index in [1.54, 1.807) is 35.9 Å². The van der Waals surface area contributed by atoms with E-state index < -0.39 is 0 Å². The topological polar surface area (TPSA) is 75.2 Å². The molecule has 3 aromatic heterocycles. The van der Waals surface area contributed by atoms with E-state index in [-0.39, 0.29) is 17.9 Å². The van der Waals surface area contributed by atoms with Crippen LogP contribution < -0.4 is 5.32 Å². The number of nitrogens with zero attached hydrogens (tertiary/aromatic N) is 3. The van der Waals surface area contributed by atoms with Crippen molar-refractivity contribution in [2.24, 2.45) is 0 Å². The zero-order valence-electron chi connectivity index (χ0n) is 14.8. The van der Waals surface area contributed by atoms with E-state index in [4.69, 9.17) is 0 Å². The summed E-state index contributed by atoms with van der Waals surface area (Å²) >= 11 is 6.53. The monoisotopic (exact) mass is 476 g/mol. The van der Waals surface area contributed by atoms with Crippen LogP contribution in [0.3, 0.4) is 0 Å². The molecule has 1 saturated heterocycles. The summed E-state index contributed by atoms with van der Waals surface area (Å²) in [5, 5.41) is 7.71. The molecule has 28 heavy (non-hydrogen) atoms. The zero-order chi connectivity index (χ0) is 19.5. The highest BCUT2D eigenvalue weighted by molar-refractivity contribution is 9.10. The van der Waals surface area contributed by atoms with Crippen molar-refractivity contribution >= 4 is 50.4 Å². The van der Waals surface area contributed by atoms with Gasteiger partial charge in [0.05, 0.1) is 10.4 Å². The molecular formula is C19H17BrN4O2S2. The minimum Gasteiger partial charge on any atom is -0.349 e. The van der Waals surface area contributed by atoms with Gasteiger partial charge in [0.15, 0.2) is 0 Å². The normalized spacial score (nSPS) is 14.8. The fourth-order valence-electron chi connectivity index (χ4n) is 3.07. The second kappa shape index (κ2) is 8.50. The number of piperidine rings is 1. The molecule has 0 aliphatic carbocycles. The van der Waals surface area contributed by atoms with Gasteiger partial charge in [0.1, 0.15) is 10.7 Å². The third kappa shape index (κ3) is 4.31. The van der Waals surface area contributed by atoms with E-state index >= 15 is 0 Å². The number of amides is 2. The average molecular weight is 477 g/mol. The van der Waals surface area contributed by atoms with Crippen molar-refractivity contribution in [1.29, 1.82) is 0 Å². The Balaban J connectivity index is 1.33.